The predicted octanol–water partition coefficient (Wildman–Crippen LogP) is 1.08. The lowest BCUT2D eigenvalue weighted by Crippen LogP contribution is -2.32. The van der Waals surface area contributed by atoms with Crippen molar-refractivity contribution in [1.82, 2.24) is 4.90 Å². The van der Waals surface area contributed by atoms with E-state index in [2.05, 4.69) is 30.4 Å². The molecule has 0 spiro atoms. The fourth-order valence-corrected chi connectivity index (χ4v) is 2.86. The van der Waals surface area contributed by atoms with Crippen molar-refractivity contribution in [3.63, 3.8) is 0 Å². The van der Waals surface area contributed by atoms with E-state index in [1.165, 1.54) is 11.1 Å². The molecule has 0 saturated carbocycles. The van der Waals surface area contributed by atoms with Crippen LogP contribution in [0.25, 0.3) is 5.57 Å². The lowest BCUT2D eigenvalue weighted by molar-refractivity contribution is 0.0999. The van der Waals surface area contributed by atoms with Crippen LogP contribution in [0.15, 0.2) is 18.2 Å². The minimum atomic E-state index is -0.335. The fraction of sp³-hybridized carbons (Fsp3) is 0.357. The number of anilines is 1. The first kappa shape index (κ1) is 11.3. The second kappa shape index (κ2) is 3.85. The lowest BCUT2D eigenvalue weighted by atomic mass is 9.85. The van der Waals surface area contributed by atoms with Gasteiger partial charge >= 0.3 is 0 Å². The molecule has 1 aromatic rings. The van der Waals surface area contributed by atoms with Gasteiger partial charge in [0, 0.05) is 29.4 Å². The quantitative estimate of drug-likeness (QED) is 0.817. The van der Waals surface area contributed by atoms with E-state index >= 15 is 0 Å². The highest BCUT2D eigenvalue weighted by Crippen LogP contribution is 2.39. The fourth-order valence-electron chi connectivity index (χ4n) is 2.86. The number of likely N-dealkylation sites (N-methyl/N-ethyl adjacent to an activating group) is 1. The number of hydrogen-bond acceptors (Lipinski definition) is 3. The van der Waals surface area contributed by atoms with Crippen LogP contribution in [0.2, 0.25) is 0 Å². The molecule has 4 nitrogen and oxygen atoms in total. The van der Waals surface area contributed by atoms with Crippen molar-refractivity contribution in [2.45, 2.75) is 12.5 Å². The number of carbonyl (C=O) groups is 1. The number of nitrogens with zero attached hydrogens (tertiary/aromatic N) is 1. The van der Waals surface area contributed by atoms with Crippen LogP contribution in [0, 0.1) is 0 Å². The van der Waals surface area contributed by atoms with E-state index in [0.29, 0.717) is 11.6 Å². The third-order valence-electron chi connectivity index (χ3n) is 3.84. The van der Waals surface area contributed by atoms with Crippen molar-refractivity contribution in [1.29, 1.82) is 0 Å². The normalized spacial score (nSPS) is 20.4. The minimum absolute atomic E-state index is 0.334. The molecular weight excluding hydrogens is 226 g/mol. The number of amides is 1. The van der Waals surface area contributed by atoms with Gasteiger partial charge in [-0.1, -0.05) is 6.08 Å². The van der Waals surface area contributed by atoms with Crippen LogP contribution in [0.4, 0.5) is 5.69 Å². The molecule has 0 saturated heterocycles. The van der Waals surface area contributed by atoms with Crippen LogP contribution in [0.5, 0.6) is 0 Å². The molecule has 0 aromatic heterocycles. The second-order valence-corrected chi connectivity index (χ2v) is 5.16. The van der Waals surface area contributed by atoms with Crippen LogP contribution >= 0.6 is 0 Å². The van der Waals surface area contributed by atoms with Gasteiger partial charge in [-0.05, 0) is 43.8 Å². The molecular formula is C14H17N3O. The Morgan fingerprint density at radius 1 is 1.44 bits per heavy atom. The van der Waals surface area contributed by atoms with Crippen LogP contribution in [-0.4, -0.2) is 37.5 Å². The summed E-state index contributed by atoms with van der Waals surface area (Å²) in [4.78, 5) is 13.7. The predicted molar refractivity (Wildman–Crippen MR) is 72.6 cm³/mol. The first-order chi connectivity index (χ1) is 8.58. The van der Waals surface area contributed by atoms with Gasteiger partial charge < -0.3 is 16.0 Å². The summed E-state index contributed by atoms with van der Waals surface area (Å²) in [6.45, 7) is 0.842. The van der Waals surface area contributed by atoms with Crippen molar-refractivity contribution in [3.8, 4) is 0 Å². The van der Waals surface area contributed by atoms with E-state index in [9.17, 15) is 4.79 Å². The average Bonchev–Trinajstić information content (AvgIpc) is 2.74. The molecule has 1 amide bonds. The Kier molecular flexibility index (Phi) is 2.41. The molecule has 1 aliphatic carbocycles. The maximum absolute atomic E-state index is 11.6. The summed E-state index contributed by atoms with van der Waals surface area (Å²) >= 11 is 0. The number of carbonyl (C=O) groups excluding carboxylic acids is 1. The van der Waals surface area contributed by atoms with Crippen LogP contribution < -0.4 is 11.1 Å². The number of primary amides is 1. The molecule has 2 aliphatic rings. The molecule has 1 aliphatic heterocycles. The highest BCUT2D eigenvalue weighted by molar-refractivity contribution is 5.99. The highest BCUT2D eigenvalue weighted by Gasteiger charge is 2.29. The summed E-state index contributed by atoms with van der Waals surface area (Å²) in [5, 5.41) is 3.37. The van der Waals surface area contributed by atoms with Gasteiger partial charge in [-0.2, -0.15) is 0 Å². The minimum Gasteiger partial charge on any atom is -0.380 e. The smallest absolute Gasteiger partial charge is 0.249 e. The van der Waals surface area contributed by atoms with Gasteiger partial charge in [-0.3, -0.25) is 4.79 Å². The maximum atomic E-state index is 11.6. The largest absolute Gasteiger partial charge is 0.380 e. The summed E-state index contributed by atoms with van der Waals surface area (Å²) in [5.74, 6) is -0.335. The molecule has 1 unspecified atom stereocenters. The number of nitrogens with two attached hydrogens (primary N) is 1. The third-order valence-corrected chi connectivity index (χ3v) is 3.84. The molecule has 0 bridgehead atoms. The zero-order chi connectivity index (χ0) is 12.9. The zero-order valence-corrected chi connectivity index (χ0v) is 10.7. The van der Waals surface area contributed by atoms with Crippen LogP contribution in [-0.2, 0) is 6.42 Å². The molecule has 4 heteroatoms. The second-order valence-electron chi connectivity index (χ2n) is 5.16. The lowest BCUT2D eigenvalue weighted by Gasteiger charge is -2.28. The van der Waals surface area contributed by atoms with E-state index in [-0.39, 0.29) is 5.91 Å². The first-order valence-electron chi connectivity index (χ1n) is 6.15. The Morgan fingerprint density at radius 3 is 2.89 bits per heavy atom. The monoisotopic (exact) mass is 243 g/mol. The van der Waals surface area contributed by atoms with E-state index in [4.69, 9.17) is 5.73 Å². The Balaban J connectivity index is 2.19. The summed E-state index contributed by atoms with van der Waals surface area (Å²) in [7, 11) is 4.12. The van der Waals surface area contributed by atoms with Gasteiger partial charge in [-0.15, -0.1) is 0 Å². The third kappa shape index (κ3) is 1.53. The molecule has 1 heterocycles. The molecule has 0 fully saturated rings. The summed E-state index contributed by atoms with van der Waals surface area (Å²) in [6.07, 6.45) is 3.14. The van der Waals surface area contributed by atoms with Crippen molar-refractivity contribution < 1.29 is 4.79 Å². The highest BCUT2D eigenvalue weighted by atomic mass is 16.1. The van der Waals surface area contributed by atoms with Crippen molar-refractivity contribution in [2.75, 3.05) is 26.0 Å². The molecule has 94 valence electrons. The Hall–Kier alpha value is -1.81. The van der Waals surface area contributed by atoms with Gasteiger partial charge in [0.05, 0.1) is 0 Å². The average molecular weight is 243 g/mol. The van der Waals surface area contributed by atoms with Crippen molar-refractivity contribution in [3.05, 3.63) is 34.9 Å². The number of benzene rings is 1. The van der Waals surface area contributed by atoms with Gasteiger partial charge in [0.2, 0.25) is 5.91 Å². The molecule has 0 radical (unpaired) electrons. The number of hydrogen-bond donors (Lipinski definition) is 2. The van der Waals surface area contributed by atoms with E-state index in [0.717, 1.165) is 24.2 Å². The van der Waals surface area contributed by atoms with Gasteiger partial charge in [0.25, 0.3) is 0 Å². The SMILES string of the molecule is CN(C)C1C=C2CNc3ccc(C(N)=O)c(c32)C1. The standard InChI is InChI=1S/C14H17N3O/c1-17(2)9-5-8-7-16-12-4-3-10(14(15)18)11(6-9)13(8)12/h3-5,9,16H,6-7H2,1-2H3,(H2,15,18). The Labute approximate surface area is 106 Å². The molecule has 1 atom stereocenters. The van der Waals surface area contributed by atoms with Crippen LogP contribution in [0.1, 0.15) is 21.5 Å². The number of nitrogens with one attached hydrogen (secondary N) is 1. The topological polar surface area (TPSA) is 58.4 Å². The van der Waals surface area contributed by atoms with E-state index < -0.39 is 0 Å². The van der Waals surface area contributed by atoms with Crippen molar-refractivity contribution in [2.24, 2.45) is 5.73 Å². The van der Waals surface area contributed by atoms with E-state index in [1.54, 1.807) is 0 Å². The van der Waals surface area contributed by atoms with E-state index in [1.807, 2.05) is 12.1 Å². The molecule has 3 N–H and O–H groups in total. The summed E-state index contributed by atoms with van der Waals surface area (Å²) in [6, 6.07) is 4.13. The Morgan fingerprint density at radius 2 is 2.22 bits per heavy atom. The Bertz CT molecular complexity index is 560. The van der Waals surface area contributed by atoms with Gasteiger partial charge in [0.1, 0.15) is 0 Å². The summed E-state index contributed by atoms with van der Waals surface area (Å²) in [5.41, 5.74) is 10.9. The first-order valence-corrected chi connectivity index (χ1v) is 6.15. The van der Waals surface area contributed by atoms with Gasteiger partial charge in [-0.25, -0.2) is 0 Å². The maximum Gasteiger partial charge on any atom is 0.249 e. The molecule has 18 heavy (non-hydrogen) atoms. The summed E-state index contributed by atoms with van der Waals surface area (Å²) < 4.78 is 0. The molecule has 1 aromatic carbocycles. The van der Waals surface area contributed by atoms with Gasteiger partial charge in [0.15, 0.2) is 0 Å². The zero-order valence-electron chi connectivity index (χ0n) is 10.7. The molecule has 3 rings (SSSR count). The van der Waals surface area contributed by atoms with Crippen LogP contribution in [0.3, 0.4) is 0 Å². The van der Waals surface area contributed by atoms with Crippen molar-refractivity contribution >= 4 is 17.2 Å². The number of rotatable bonds is 2.